The molecule has 0 unspecified atom stereocenters. The van der Waals surface area contributed by atoms with Crippen molar-refractivity contribution < 1.29 is 19.1 Å². The summed E-state index contributed by atoms with van der Waals surface area (Å²) in [4.78, 5) is 24.9. The summed E-state index contributed by atoms with van der Waals surface area (Å²) in [5.74, 6) is 0.924. The van der Waals surface area contributed by atoms with Crippen molar-refractivity contribution in [3.63, 3.8) is 0 Å². The van der Waals surface area contributed by atoms with Crippen molar-refractivity contribution in [2.45, 2.75) is 156 Å². The van der Waals surface area contributed by atoms with Crippen LogP contribution in [0.3, 0.4) is 0 Å². The van der Waals surface area contributed by atoms with Gasteiger partial charge in [0.05, 0.1) is 24.3 Å². The molecule has 4 heteroatoms. The molecule has 230 valence electrons. The second-order valence-corrected chi connectivity index (χ2v) is 12.6. The average molecular weight is 559 g/mol. The molecule has 0 fully saturated rings. The highest BCUT2D eigenvalue weighted by Crippen LogP contribution is 2.15. The maximum atomic E-state index is 12.4. The van der Waals surface area contributed by atoms with Crippen molar-refractivity contribution in [3.05, 3.63) is 35.4 Å². The standard InChI is InChI=1S/C36H62O4/c1-31(2)24-19-15-11-7-5-9-13-17-21-28-39-35(37)33-26-23-27-34(30-33)36(38)40-29-22-18-14-10-6-8-12-16-20-25-32(3)4/h23,26-27,30-32H,5-22,24-25,28-29H2,1-4H3. The number of ether oxygens (including phenoxy) is 2. The van der Waals surface area contributed by atoms with Crippen LogP contribution in [-0.2, 0) is 9.47 Å². The normalized spacial score (nSPS) is 11.3. The van der Waals surface area contributed by atoms with E-state index in [4.69, 9.17) is 9.47 Å². The van der Waals surface area contributed by atoms with Crippen molar-refractivity contribution in [1.29, 1.82) is 0 Å². The zero-order valence-corrected chi connectivity index (χ0v) is 26.7. The van der Waals surface area contributed by atoms with Crippen molar-refractivity contribution in [2.24, 2.45) is 11.8 Å². The summed E-state index contributed by atoms with van der Waals surface area (Å²) in [6, 6.07) is 6.71. The number of rotatable bonds is 26. The van der Waals surface area contributed by atoms with Gasteiger partial charge in [0.15, 0.2) is 0 Å². The third kappa shape index (κ3) is 21.0. The van der Waals surface area contributed by atoms with E-state index in [0.717, 1.165) is 37.5 Å². The molecule has 0 aliphatic carbocycles. The van der Waals surface area contributed by atoms with E-state index in [-0.39, 0.29) is 11.9 Å². The zero-order chi connectivity index (χ0) is 29.3. The molecule has 0 heterocycles. The monoisotopic (exact) mass is 558 g/mol. The van der Waals surface area contributed by atoms with Gasteiger partial charge < -0.3 is 9.47 Å². The molecule has 0 saturated heterocycles. The highest BCUT2D eigenvalue weighted by molar-refractivity contribution is 5.95. The van der Waals surface area contributed by atoms with E-state index in [1.807, 2.05) is 0 Å². The van der Waals surface area contributed by atoms with E-state index in [1.165, 1.54) is 103 Å². The Morgan fingerprint density at radius 2 is 0.800 bits per heavy atom. The number of benzene rings is 1. The van der Waals surface area contributed by atoms with Crippen molar-refractivity contribution in [1.82, 2.24) is 0 Å². The molecule has 0 atom stereocenters. The number of unbranched alkanes of at least 4 members (excludes halogenated alkanes) is 16. The van der Waals surface area contributed by atoms with E-state index >= 15 is 0 Å². The van der Waals surface area contributed by atoms with Crippen LogP contribution in [-0.4, -0.2) is 25.2 Å². The molecular weight excluding hydrogens is 496 g/mol. The minimum atomic E-state index is -0.365. The molecule has 1 aromatic rings. The number of hydrogen-bond acceptors (Lipinski definition) is 4. The molecule has 4 nitrogen and oxygen atoms in total. The van der Waals surface area contributed by atoms with Crippen LogP contribution in [0.15, 0.2) is 24.3 Å². The largest absolute Gasteiger partial charge is 0.462 e. The lowest BCUT2D eigenvalue weighted by molar-refractivity contribution is 0.0496. The predicted octanol–water partition coefficient (Wildman–Crippen LogP) is 11.1. The van der Waals surface area contributed by atoms with Gasteiger partial charge in [0.1, 0.15) is 0 Å². The fourth-order valence-electron chi connectivity index (χ4n) is 5.05. The van der Waals surface area contributed by atoms with Gasteiger partial charge in [-0.15, -0.1) is 0 Å². The fraction of sp³-hybridized carbons (Fsp3) is 0.778. The highest BCUT2D eigenvalue weighted by atomic mass is 16.5. The molecular formula is C36H62O4. The van der Waals surface area contributed by atoms with Gasteiger partial charge in [-0.05, 0) is 42.9 Å². The second kappa shape index (κ2) is 24.9. The van der Waals surface area contributed by atoms with E-state index in [1.54, 1.807) is 24.3 Å². The Bertz CT molecular complexity index is 696. The number of hydrogen-bond donors (Lipinski definition) is 0. The highest BCUT2D eigenvalue weighted by Gasteiger charge is 2.12. The Hall–Kier alpha value is -1.84. The van der Waals surface area contributed by atoms with Gasteiger partial charge in [0.25, 0.3) is 0 Å². The number of carbonyl (C=O) groups excluding carboxylic acids is 2. The van der Waals surface area contributed by atoms with Crippen LogP contribution in [0.4, 0.5) is 0 Å². The van der Waals surface area contributed by atoms with Gasteiger partial charge in [0, 0.05) is 0 Å². The topological polar surface area (TPSA) is 52.6 Å². The summed E-state index contributed by atoms with van der Waals surface area (Å²) < 4.78 is 10.9. The lowest BCUT2D eigenvalue weighted by atomic mass is 10.0. The maximum Gasteiger partial charge on any atom is 0.338 e. The summed E-state index contributed by atoms with van der Waals surface area (Å²) in [6.07, 6.45) is 25.1. The first-order chi connectivity index (χ1) is 19.4. The smallest absolute Gasteiger partial charge is 0.338 e. The van der Waals surface area contributed by atoms with Crippen molar-refractivity contribution >= 4 is 11.9 Å². The van der Waals surface area contributed by atoms with Crippen LogP contribution in [0.2, 0.25) is 0 Å². The Labute approximate surface area is 247 Å². The van der Waals surface area contributed by atoms with Crippen LogP contribution >= 0.6 is 0 Å². The lowest BCUT2D eigenvalue weighted by Gasteiger charge is -2.08. The zero-order valence-electron chi connectivity index (χ0n) is 26.7. The fourth-order valence-corrected chi connectivity index (χ4v) is 5.05. The SMILES string of the molecule is CC(C)CCCCCCCCCCCOC(=O)c1cccc(C(=O)OCCCCCCCCCCCC(C)C)c1. The van der Waals surface area contributed by atoms with Crippen LogP contribution in [0.25, 0.3) is 0 Å². The summed E-state index contributed by atoms with van der Waals surface area (Å²) in [5, 5.41) is 0. The Morgan fingerprint density at radius 3 is 1.12 bits per heavy atom. The van der Waals surface area contributed by atoms with Gasteiger partial charge in [-0.25, -0.2) is 9.59 Å². The van der Waals surface area contributed by atoms with Gasteiger partial charge in [0.2, 0.25) is 0 Å². The van der Waals surface area contributed by atoms with E-state index in [9.17, 15) is 9.59 Å². The van der Waals surface area contributed by atoms with Crippen LogP contribution in [0, 0.1) is 11.8 Å². The molecule has 0 N–H and O–H groups in total. The molecule has 0 aliphatic heterocycles. The van der Waals surface area contributed by atoms with Crippen LogP contribution < -0.4 is 0 Å². The quantitative estimate of drug-likeness (QED) is 0.0838. The molecule has 1 aromatic carbocycles. The first kappa shape index (κ1) is 36.2. The van der Waals surface area contributed by atoms with E-state index in [2.05, 4.69) is 27.7 Å². The Balaban J connectivity index is 2.05. The van der Waals surface area contributed by atoms with Gasteiger partial charge in [-0.3, -0.25) is 0 Å². The average Bonchev–Trinajstić information content (AvgIpc) is 2.93. The minimum absolute atomic E-state index is 0.365. The molecule has 0 bridgehead atoms. The summed E-state index contributed by atoms with van der Waals surface area (Å²) in [5.41, 5.74) is 0.826. The van der Waals surface area contributed by atoms with E-state index < -0.39 is 0 Å². The van der Waals surface area contributed by atoms with Crippen molar-refractivity contribution in [2.75, 3.05) is 13.2 Å². The molecule has 0 aliphatic rings. The van der Waals surface area contributed by atoms with Gasteiger partial charge >= 0.3 is 11.9 Å². The summed E-state index contributed by atoms with van der Waals surface area (Å²) in [6.45, 7) is 10.1. The second-order valence-electron chi connectivity index (χ2n) is 12.6. The molecule has 0 spiro atoms. The lowest BCUT2D eigenvalue weighted by Crippen LogP contribution is -2.10. The molecule has 0 amide bonds. The van der Waals surface area contributed by atoms with Crippen molar-refractivity contribution in [3.8, 4) is 0 Å². The Morgan fingerprint density at radius 1 is 0.500 bits per heavy atom. The third-order valence-electron chi connectivity index (χ3n) is 7.65. The van der Waals surface area contributed by atoms with Crippen LogP contribution in [0.5, 0.6) is 0 Å². The Kier molecular flexibility index (Phi) is 22.5. The summed E-state index contributed by atoms with van der Waals surface area (Å²) >= 11 is 0. The molecule has 0 aromatic heterocycles. The number of esters is 2. The van der Waals surface area contributed by atoms with E-state index in [0.29, 0.717) is 24.3 Å². The number of carbonyl (C=O) groups is 2. The molecule has 40 heavy (non-hydrogen) atoms. The molecule has 1 rings (SSSR count). The maximum absolute atomic E-state index is 12.4. The third-order valence-corrected chi connectivity index (χ3v) is 7.65. The molecule has 0 radical (unpaired) electrons. The van der Waals surface area contributed by atoms with Crippen LogP contribution in [0.1, 0.15) is 177 Å². The first-order valence-electron chi connectivity index (χ1n) is 16.8. The predicted molar refractivity (Wildman–Crippen MR) is 169 cm³/mol. The van der Waals surface area contributed by atoms with Gasteiger partial charge in [-0.2, -0.15) is 0 Å². The minimum Gasteiger partial charge on any atom is -0.462 e. The van der Waals surface area contributed by atoms with Gasteiger partial charge in [-0.1, -0.05) is 149 Å². The first-order valence-corrected chi connectivity index (χ1v) is 16.8. The summed E-state index contributed by atoms with van der Waals surface area (Å²) in [7, 11) is 0. The molecule has 0 saturated carbocycles.